The van der Waals surface area contributed by atoms with Crippen molar-refractivity contribution in [1.29, 1.82) is 0 Å². The van der Waals surface area contributed by atoms with E-state index in [4.69, 9.17) is 10.1 Å². The van der Waals surface area contributed by atoms with E-state index in [9.17, 15) is 14.4 Å². The Morgan fingerprint density at radius 2 is 1.73 bits per heavy atom. The van der Waals surface area contributed by atoms with Gasteiger partial charge in [0.15, 0.2) is 5.84 Å². The molecular weight excluding hydrogens is 516 g/mol. The summed E-state index contributed by atoms with van der Waals surface area (Å²) in [7, 11) is 0. The van der Waals surface area contributed by atoms with Crippen molar-refractivity contribution in [1.82, 2.24) is 15.1 Å². The fraction of sp³-hybridized carbons (Fsp3) is 0.697. The minimum atomic E-state index is -0.944. The minimum Gasteiger partial charge on any atom is -0.481 e. The molecule has 0 bridgehead atoms. The van der Waals surface area contributed by atoms with E-state index in [0.29, 0.717) is 23.2 Å². The number of unbranched alkanes of at least 4 members (excludes halogenated alkanes) is 1. The fourth-order valence-electron chi connectivity index (χ4n) is 6.84. The van der Waals surface area contributed by atoms with Gasteiger partial charge in [0.25, 0.3) is 11.8 Å². The first kappa shape index (κ1) is 31.0. The number of hydrogen-bond donors (Lipinski definition) is 2. The molecule has 3 aliphatic rings. The summed E-state index contributed by atoms with van der Waals surface area (Å²) in [6.45, 7) is 13.3. The Labute approximate surface area is 246 Å². The molecule has 2 amide bonds. The predicted molar refractivity (Wildman–Crippen MR) is 162 cm³/mol. The molecule has 2 heterocycles. The number of amidine groups is 1. The Morgan fingerprint density at radius 1 is 1.10 bits per heavy atom. The number of benzene rings is 1. The Kier molecular flexibility index (Phi) is 9.81. The highest BCUT2D eigenvalue weighted by molar-refractivity contribution is 6.39. The van der Waals surface area contributed by atoms with Gasteiger partial charge in [0.2, 0.25) is 0 Å². The molecule has 1 aliphatic carbocycles. The largest absolute Gasteiger partial charge is 0.481 e. The number of aliphatic imine (C=N–C) groups is 1. The number of carboxylic acids is 1. The molecule has 1 aromatic rings. The van der Waals surface area contributed by atoms with Gasteiger partial charge in [-0.25, -0.2) is 4.99 Å². The molecule has 1 atom stereocenters. The molecule has 2 fully saturated rings. The van der Waals surface area contributed by atoms with Crippen molar-refractivity contribution >= 4 is 23.6 Å². The summed E-state index contributed by atoms with van der Waals surface area (Å²) < 4.78 is 0. The van der Waals surface area contributed by atoms with E-state index in [1.54, 1.807) is 12.1 Å². The maximum Gasteiger partial charge on any atom is 0.305 e. The molecule has 4 rings (SSSR count). The van der Waals surface area contributed by atoms with Gasteiger partial charge in [0.05, 0.1) is 12.5 Å². The summed E-state index contributed by atoms with van der Waals surface area (Å²) in [5.74, 6) is 0.760. The smallest absolute Gasteiger partial charge is 0.305 e. The monoisotopic (exact) mass is 566 g/mol. The van der Waals surface area contributed by atoms with Gasteiger partial charge in [-0.15, -0.1) is 0 Å². The lowest BCUT2D eigenvalue weighted by Gasteiger charge is -2.47. The van der Waals surface area contributed by atoms with Gasteiger partial charge in [0, 0.05) is 25.2 Å². The van der Waals surface area contributed by atoms with E-state index in [1.165, 1.54) is 0 Å². The zero-order valence-electron chi connectivity index (χ0n) is 25.7. The van der Waals surface area contributed by atoms with Crippen LogP contribution < -0.4 is 5.32 Å². The van der Waals surface area contributed by atoms with Crippen molar-refractivity contribution in [2.75, 3.05) is 19.6 Å². The molecule has 1 aromatic carbocycles. The van der Waals surface area contributed by atoms with Crippen LogP contribution in [0.1, 0.15) is 121 Å². The molecule has 0 unspecified atom stereocenters. The van der Waals surface area contributed by atoms with Crippen LogP contribution in [-0.2, 0) is 9.59 Å². The SMILES string of the molecule is CCCC[C@H](c1ccc(C(=O)NCCC(=O)O)cc1)N1C(=O)C(N2CCC(C)CC2)=NC12CCC(C(C)(C)C)CC2. The van der Waals surface area contributed by atoms with E-state index < -0.39 is 11.6 Å². The number of nitrogens with one attached hydrogen (secondary N) is 1. The average molecular weight is 567 g/mol. The normalized spacial score (nSPS) is 24.5. The molecule has 1 spiro atoms. The Balaban J connectivity index is 1.64. The number of piperidine rings is 1. The first-order valence-corrected chi connectivity index (χ1v) is 15.7. The lowest BCUT2D eigenvalue weighted by atomic mass is 9.69. The number of amides is 2. The molecule has 8 nitrogen and oxygen atoms in total. The molecule has 226 valence electrons. The van der Waals surface area contributed by atoms with Crippen LogP contribution in [0.2, 0.25) is 0 Å². The number of carbonyl (C=O) groups excluding carboxylic acids is 2. The zero-order chi connectivity index (χ0) is 29.8. The highest BCUT2D eigenvalue weighted by atomic mass is 16.4. The van der Waals surface area contributed by atoms with Crippen molar-refractivity contribution in [3.63, 3.8) is 0 Å². The second kappa shape index (κ2) is 13.0. The number of hydrogen-bond acceptors (Lipinski definition) is 5. The lowest BCUT2D eigenvalue weighted by Crippen LogP contribution is -2.52. The molecule has 1 saturated heterocycles. The van der Waals surface area contributed by atoms with Crippen LogP contribution in [0.15, 0.2) is 29.3 Å². The summed E-state index contributed by atoms with van der Waals surface area (Å²) >= 11 is 0. The van der Waals surface area contributed by atoms with Crippen LogP contribution in [0, 0.1) is 17.3 Å². The molecule has 2 N–H and O–H groups in total. The van der Waals surface area contributed by atoms with Crippen molar-refractivity contribution in [2.24, 2.45) is 22.2 Å². The Morgan fingerprint density at radius 3 is 2.29 bits per heavy atom. The lowest BCUT2D eigenvalue weighted by molar-refractivity contribution is -0.137. The number of nitrogens with zero attached hydrogens (tertiary/aromatic N) is 3. The molecule has 0 radical (unpaired) electrons. The van der Waals surface area contributed by atoms with Crippen molar-refractivity contribution in [3.05, 3.63) is 35.4 Å². The number of likely N-dealkylation sites (tertiary alicyclic amines) is 1. The highest BCUT2D eigenvalue weighted by Gasteiger charge is 2.53. The van der Waals surface area contributed by atoms with Gasteiger partial charge < -0.3 is 20.2 Å². The van der Waals surface area contributed by atoms with Crippen LogP contribution >= 0.6 is 0 Å². The van der Waals surface area contributed by atoms with E-state index >= 15 is 0 Å². The van der Waals surface area contributed by atoms with Crippen molar-refractivity contribution < 1.29 is 19.5 Å². The molecule has 8 heteroatoms. The maximum absolute atomic E-state index is 14.4. The fourth-order valence-corrected chi connectivity index (χ4v) is 6.84. The summed E-state index contributed by atoms with van der Waals surface area (Å²) in [5, 5.41) is 11.5. The first-order chi connectivity index (χ1) is 19.4. The number of carboxylic acid groups (broad SMARTS) is 1. The molecule has 41 heavy (non-hydrogen) atoms. The van der Waals surface area contributed by atoms with E-state index in [-0.39, 0.29) is 36.2 Å². The second-order valence-corrected chi connectivity index (χ2v) is 13.6. The molecule has 0 aromatic heterocycles. The van der Waals surface area contributed by atoms with Crippen LogP contribution in [0.4, 0.5) is 0 Å². The van der Waals surface area contributed by atoms with Crippen LogP contribution in [0.25, 0.3) is 0 Å². The Bertz CT molecular complexity index is 1110. The number of carbonyl (C=O) groups is 3. The highest BCUT2D eigenvalue weighted by Crippen LogP contribution is 2.49. The molecule has 1 saturated carbocycles. The van der Waals surface area contributed by atoms with Crippen molar-refractivity contribution in [3.8, 4) is 0 Å². The van der Waals surface area contributed by atoms with Crippen LogP contribution in [0.3, 0.4) is 0 Å². The zero-order valence-corrected chi connectivity index (χ0v) is 25.7. The average Bonchev–Trinajstić information content (AvgIpc) is 3.20. The van der Waals surface area contributed by atoms with E-state index in [1.807, 2.05) is 12.1 Å². The predicted octanol–water partition coefficient (Wildman–Crippen LogP) is 6.03. The summed E-state index contributed by atoms with van der Waals surface area (Å²) in [5.41, 5.74) is 1.21. The van der Waals surface area contributed by atoms with Gasteiger partial charge in [0.1, 0.15) is 5.66 Å². The van der Waals surface area contributed by atoms with Gasteiger partial charge in [-0.2, -0.15) is 0 Å². The first-order valence-electron chi connectivity index (χ1n) is 15.7. The summed E-state index contributed by atoms with van der Waals surface area (Å²) in [4.78, 5) is 47.5. The van der Waals surface area contributed by atoms with Gasteiger partial charge in [-0.05, 0) is 79.9 Å². The molecule has 2 aliphatic heterocycles. The molecular formula is C33H50N4O4. The maximum atomic E-state index is 14.4. The third kappa shape index (κ3) is 7.12. The number of aliphatic carboxylic acids is 1. The van der Waals surface area contributed by atoms with Crippen LogP contribution in [-0.4, -0.2) is 63.8 Å². The number of rotatable bonds is 9. The van der Waals surface area contributed by atoms with E-state index in [0.717, 1.165) is 76.4 Å². The third-order valence-electron chi connectivity index (χ3n) is 9.59. The van der Waals surface area contributed by atoms with Gasteiger partial charge >= 0.3 is 5.97 Å². The van der Waals surface area contributed by atoms with Crippen molar-refractivity contribution in [2.45, 2.75) is 111 Å². The quantitative estimate of drug-likeness (QED) is 0.380. The topological polar surface area (TPSA) is 102 Å². The minimum absolute atomic E-state index is 0.0605. The van der Waals surface area contributed by atoms with E-state index in [2.05, 4.69) is 49.7 Å². The summed E-state index contributed by atoms with van der Waals surface area (Å²) in [6, 6.07) is 7.40. The van der Waals surface area contributed by atoms with Gasteiger partial charge in [-0.1, -0.05) is 59.6 Å². The van der Waals surface area contributed by atoms with Gasteiger partial charge in [-0.3, -0.25) is 14.4 Å². The third-order valence-corrected chi connectivity index (χ3v) is 9.59. The second-order valence-electron chi connectivity index (χ2n) is 13.6. The van der Waals surface area contributed by atoms with Crippen LogP contribution in [0.5, 0.6) is 0 Å². The standard InChI is InChI=1S/C33H50N4O4/c1-6-7-8-27(24-9-11-25(12-10-24)30(40)34-20-15-28(38)39)37-31(41)29(36-21-16-23(2)17-22-36)35-33(37)18-13-26(14-19-33)32(3,4)5/h9-12,23,26-27H,6-8,13-22H2,1-5H3,(H,34,40)(H,38,39)/t26?,27-,33?/m1/s1. The Hall–Kier alpha value is -2.90. The summed E-state index contributed by atoms with van der Waals surface area (Å²) in [6.07, 6.45) is 8.77.